The molecule has 0 radical (unpaired) electrons. The van der Waals surface area contributed by atoms with Gasteiger partial charge in [-0.3, -0.25) is 0 Å². The highest BCUT2D eigenvalue weighted by Gasteiger charge is 2.20. The second kappa shape index (κ2) is 4.88. The van der Waals surface area contributed by atoms with Crippen LogP contribution in [0, 0.1) is 0 Å². The highest BCUT2D eigenvalue weighted by atomic mass is 16.5. The van der Waals surface area contributed by atoms with Crippen LogP contribution in [-0.4, -0.2) is 26.3 Å². The Bertz CT molecular complexity index is 325. The summed E-state index contributed by atoms with van der Waals surface area (Å²) in [5.74, 6) is 0.606. The van der Waals surface area contributed by atoms with Crippen LogP contribution in [0.4, 0.5) is 5.69 Å². The van der Waals surface area contributed by atoms with Gasteiger partial charge in [-0.2, -0.15) is 0 Å². The minimum Gasteiger partial charge on any atom is -0.379 e. The van der Waals surface area contributed by atoms with Crippen molar-refractivity contribution in [1.29, 1.82) is 0 Å². The number of rotatable bonds is 3. The van der Waals surface area contributed by atoms with Gasteiger partial charge in [-0.25, -0.2) is 0 Å². The SMILES string of the molecule is CC(C)c1ccc(N(C)C2CCOC2)cc1. The number of anilines is 1. The van der Waals surface area contributed by atoms with Crippen LogP contribution in [-0.2, 0) is 4.74 Å². The van der Waals surface area contributed by atoms with Crippen molar-refractivity contribution < 1.29 is 4.74 Å². The average molecular weight is 219 g/mol. The first-order valence-electron chi connectivity index (χ1n) is 6.09. The van der Waals surface area contributed by atoms with Gasteiger partial charge in [0.15, 0.2) is 0 Å². The third-order valence-electron chi connectivity index (χ3n) is 3.42. The van der Waals surface area contributed by atoms with Crippen molar-refractivity contribution in [3.8, 4) is 0 Å². The van der Waals surface area contributed by atoms with Gasteiger partial charge in [0.2, 0.25) is 0 Å². The first-order valence-corrected chi connectivity index (χ1v) is 6.09. The molecule has 1 aromatic carbocycles. The lowest BCUT2D eigenvalue weighted by atomic mass is 10.0. The van der Waals surface area contributed by atoms with E-state index in [1.807, 2.05) is 0 Å². The molecule has 1 aliphatic heterocycles. The molecule has 1 atom stereocenters. The Kier molecular flexibility index (Phi) is 3.49. The second-order valence-corrected chi connectivity index (χ2v) is 4.87. The topological polar surface area (TPSA) is 12.5 Å². The van der Waals surface area contributed by atoms with E-state index in [0.717, 1.165) is 19.6 Å². The summed E-state index contributed by atoms with van der Waals surface area (Å²) in [6, 6.07) is 9.44. The Hall–Kier alpha value is -1.02. The lowest BCUT2D eigenvalue weighted by Crippen LogP contribution is -2.31. The van der Waals surface area contributed by atoms with Crippen LogP contribution in [0.25, 0.3) is 0 Å². The van der Waals surface area contributed by atoms with Gasteiger partial charge in [0.1, 0.15) is 0 Å². The van der Waals surface area contributed by atoms with Crippen LogP contribution >= 0.6 is 0 Å². The predicted octanol–water partition coefficient (Wildman–Crippen LogP) is 3.04. The van der Waals surface area contributed by atoms with Crippen molar-refractivity contribution in [2.75, 3.05) is 25.2 Å². The van der Waals surface area contributed by atoms with E-state index in [-0.39, 0.29) is 0 Å². The number of likely N-dealkylation sites (N-methyl/N-ethyl adjacent to an activating group) is 1. The summed E-state index contributed by atoms with van der Waals surface area (Å²) in [5, 5.41) is 0. The van der Waals surface area contributed by atoms with E-state index < -0.39 is 0 Å². The van der Waals surface area contributed by atoms with Crippen LogP contribution < -0.4 is 4.90 Å². The Morgan fingerprint density at radius 1 is 1.25 bits per heavy atom. The van der Waals surface area contributed by atoms with Crippen LogP contribution in [0.2, 0.25) is 0 Å². The number of hydrogen-bond acceptors (Lipinski definition) is 2. The molecule has 0 aliphatic carbocycles. The average Bonchev–Trinajstić information content (AvgIpc) is 2.81. The van der Waals surface area contributed by atoms with E-state index in [9.17, 15) is 0 Å². The minimum absolute atomic E-state index is 0.546. The van der Waals surface area contributed by atoms with Gasteiger partial charge in [-0.15, -0.1) is 0 Å². The molecule has 1 fully saturated rings. The molecule has 0 aromatic heterocycles. The molecular weight excluding hydrogens is 198 g/mol. The third kappa shape index (κ3) is 2.38. The molecule has 2 heteroatoms. The molecule has 1 aliphatic rings. The Morgan fingerprint density at radius 2 is 1.94 bits per heavy atom. The zero-order valence-electron chi connectivity index (χ0n) is 10.4. The van der Waals surface area contributed by atoms with Crippen LogP contribution in [0.5, 0.6) is 0 Å². The van der Waals surface area contributed by atoms with Gasteiger partial charge in [0.05, 0.1) is 12.6 Å². The molecule has 1 aromatic rings. The Labute approximate surface area is 98.2 Å². The van der Waals surface area contributed by atoms with E-state index in [1.54, 1.807) is 0 Å². The third-order valence-corrected chi connectivity index (χ3v) is 3.42. The van der Waals surface area contributed by atoms with Crippen molar-refractivity contribution in [2.45, 2.75) is 32.2 Å². The maximum atomic E-state index is 5.42. The number of nitrogens with zero attached hydrogens (tertiary/aromatic N) is 1. The largest absolute Gasteiger partial charge is 0.379 e. The highest BCUT2D eigenvalue weighted by molar-refractivity contribution is 5.48. The first kappa shape index (κ1) is 11.5. The summed E-state index contributed by atoms with van der Waals surface area (Å²) in [6.45, 7) is 6.22. The molecule has 0 N–H and O–H groups in total. The van der Waals surface area contributed by atoms with E-state index in [4.69, 9.17) is 4.74 Å². The standard InChI is InChI=1S/C14H21NO/c1-11(2)12-4-6-13(7-5-12)15(3)14-8-9-16-10-14/h4-7,11,14H,8-10H2,1-3H3. The van der Waals surface area contributed by atoms with E-state index in [0.29, 0.717) is 12.0 Å². The zero-order chi connectivity index (χ0) is 11.5. The molecule has 1 saturated heterocycles. The molecule has 16 heavy (non-hydrogen) atoms. The molecule has 88 valence electrons. The molecule has 2 rings (SSSR count). The quantitative estimate of drug-likeness (QED) is 0.774. The van der Waals surface area contributed by atoms with Crippen molar-refractivity contribution in [1.82, 2.24) is 0 Å². The summed E-state index contributed by atoms with van der Waals surface area (Å²) in [4.78, 5) is 2.33. The summed E-state index contributed by atoms with van der Waals surface area (Å²) < 4.78 is 5.42. The molecule has 0 bridgehead atoms. The number of benzene rings is 1. The van der Waals surface area contributed by atoms with E-state index in [2.05, 4.69) is 50.1 Å². The molecule has 2 nitrogen and oxygen atoms in total. The monoisotopic (exact) mass is 219 g/mol. The fraction of sp³-hybridized carbons (Fsp3) is 0.571. The smallest absolute Gasteiger partial charge is 0.0670 e. The fourth-order valence-electron chi connectivity index (χ4n) is 2.13. The van der Waals surface area contributed by atoms with Crippen molar-refractivity contribution in [3.63, 3.8) is 0 Å². The Morgan fingerprint density at radius 3 is 2.44 bits per heavy atom. The second-order valence-electron chi connectivity index (χ2n) is 4.87. The van der Waals surface area contributed by atoms with E-state index >= 15 is 0 Å². The molecule has 1 unspecified atom stereocenters. The van der Waals surface area contributed by atoms with Crippen molar-refractivity contribution in [2.24, 2.45) is 0 Å². The molecule has 0 amide bonds. The summed E-state index contributed by atoms with van der Waals surface area (Å²) in [6.07, 6.45) is 1.14. The van der Waals surface area contributed by atoms with Gasteiger partial charge in [-0.1, -0.05) is 26.0 Å². The maximum absolute atomic E-state index is 5.42. The molecule has 0 saturated carbocycles. The highest BCUT2D eigenvalue weighted by Crippen LogP contribution is 2.22. The Balaban J connectivity index is 2.08. The van der Waals surface area contributed by atoms with Gasteiger partial charge in [0.25, 0.3) is 0 Å². The molecule has 1 heterocycles. The van der Waals surface area contributed by atoms with Gasteiger partial charge < -0.3 is 9.64 Å². The minimum atomic E-state index is 0.546. The summed E-state index contributed by atoms with van der Waals surface area (Å²) >= 11 is 0. The fourth-order valence-corrected chi connectivity index (χ4v) is 2.13. The normalized spacial score (nSPS) is 20.4. The van der Waals surface area contributed by atoms with Crippen molar-refractivity contribution in [3.05, 3.63) is 29.8 Å². The summed E-state index contributed by atoms with van der Waals surface area (Å²) in [5.41, 5.74) is 2.69. The first-order chi connectivity index (χ1) is 7.68. The number of hydrogen-bond donors (Lipinski definition) is 0. The molecular formula is C14H21NO. The maximum Gasteiger partial charge on any atom is 0.0670 e. The lowest BCUT2D eigenvalue weighted by molar-refractivity contribution is 0.193. The number of ether oxygens (including phenoxy) is 1. The zero-order valence-corrected chi connectivity index (χ0v) is 10.4. The van der Waals surface area contributed by atoms with Crippen LogP contribution in [0.1, 0.15) is 31.7 Å². The predicted molar refractivity (Wildman–Crippen MR) is 68.2 cm³/mol. The van der Waals surface area contributed by atoms with E-state index in [1.165, 1.54) is 11.3 Å². The molecule has 0 spiro atoms. The van der Waals surface area contributed by atoms with Crippen LogP contribution in [0.3, 0.4) is 0 Å². The lowest BCUT2D eigenvalue weighted by Gasteiger charge is -2.25. The van der Waals surface area contributed by atoms with Gasteiger partial charge >= 0.3 is 0 Å². The van der Waals surface area contributed by atoms with Gasteiger partial charge in [-0.05, 0) is 30.0 Å². The van der Waals surface area contributed by atoms with Crippen molar-refractivity contribution >= 4 is 5.69 Å². The van der Waals surface area contributed by atoms with Crippen LogP contribution in [0.15, 0.2) is 24.3 Å². The van der Waals surface area contributed by atoms with Gasteiger partial charge in [0, 0.05) is 19.3 Å². The summed E-state index contributed by atoms with van der Waals surface area (Å²) in [7, 11) is 2.16.